The van der Waals surface area contributed by atoms with Crippen LogP contribution < -0.4 is 11.1 Å². The van der Waals surface area contributed by atoms with Crippen molar-refractivity contribution in [1.29, 1.82) is 0 Å². The van der Waals surface area contributed by atoms with E-state index >= 15 is 0 Å². The lowest BCUT2D eigenvalue weighted by atomic mass is 10.1. The molecule has 1 unspecified atom stereocenters. The van der Waals surface area contributed by atoms with E-state index in [9.17, 15) is 4.79 Å². The van der Waals surface area contributed by atoms with Crippen molar-refractivity contribution in [3.8, 4) is 0 Å². The number of hydrogen-bond donors (Lipinski definition) is 2. The van der Waals surface area contributed by atoms with Crippen molar-refractivity contribution in [2.24, 2.45) is 5.73 Å². The highest BCUT2D eigenvalue weighted by molar-refractivity contribution is 6.38. The van der Waals surface area contributed by atoms with Crippen molar-refractivity contribution in [1.82, 2.24) is 9.97 Å². The maximum Gasteiger partial charge on any atom is 0.241 e. The first-order valence-electron chi connectivity index (χ1n) is 5.84. The van der Waals surface area contributed by atoms with Gasteiger partial charge < -0.3 is 11.1 Å². The maximum absolute atomic E-state index is 12.0. The van der Waals surface area contributed by atoms with Crippen LogP contribution in [-0.4, -0.2) is 21.9 Å². The summed E-state index contributed by atoms with van der Waals surface area (Å²) in [5.74, 6) is -0.396. The van der Waals surface area contributed by atoms with E-state index in [1.807, 2.05) is 30.3 Å². The van der Waals surface area contributed by atoms with Gasteiger partial charge in [0.2, 0.25) is 5.91 Å². The van der Waals surface area contributed by atoms with E-state index in [1.165, 1.54) is 6.33 Å². The lowest BCUT2D eigenvalue weighted by Crippen LogP contribution is -2.37. The molecule has 2 aromatic rings. The number of hydrogen-bond acceptors (Lipinski definition) is 4. The molecule has 2 rings (SSSR count). The molecule has 0 aliphatic rings. The number of amides is 1. The molecule has 0 radical (unpaired) electrons. The Morgan fingerprint density at radius 1 is 1.20 bits per heavy atom. The highest BCUT2D eigenvalue weighted by Crippen LogP contribution is 2.25. The van der Waals surface area contributed by atoms with Crippen LogP contribution in [0.3, 0.4) is 0 Å². The van der Waals surface area contributed by atoms with E-state index in [2.05, 4.69) is 15.3 Å². The molecule has 1 amide bonds. The minimum absolute atomic E-state index is 0.0743. The van der Waals surface area contributed by atoms with E-state index in [-0.39, 0.29) is 16.0 Å². The van der Waals surface area contributed by atoms with Gasteiger partial charge in [-0.2, -0.15) is 0 Å². The molecular weight excluding hydrogens is 299 g/mol. The number of nitrogens with zero attached hydrogens (tertiary/aromatic N) is 2. The predicted octanol–water partition coefficient (Wildman–Crippen LogP) is 2.29. The van der Waals surface area contributed by atoms with Gasteiger partial charge in [0, 0.05) is 0 Å². The zero-order valence-corrected chi connectivity index (χ0v) is 11.9. The first-order valence-corrected chi connectivity index (χ1v) is 6.60. The quantitative estimate of drug-likeness (QED) is 0.849. The summed E-state index contributed by atoms with van der Waals surface area (Å²) in [5.41, 5.74) is 7.00. The number of nitrogens with two attached hydrogens (primary N) is 1. The van der Waals surface area contributed by atoms with Gasteiger partial charge >= 0.3 is 0 Å². The number of nitrogens with one attached hydrogen (secondary N) is 1. The second-order valence-electron chi connectivity index (χ2n) is 4.12. The monoisotopic (exact) mass is 310 g/mol. The molecule has 0 bridgehead atoms. The Morgan fingerprint density at radius 2 is 1.80 bits per heavy atom. The van der Waals surface area contributed by atoms with Crippen LogP contribution in [0, 0.1) is 0 Å². The van der Waals surface area contributed by atoms with Crippen LogP contribution in [0.2, 0.25) is 10.3 Å². The largest absolute Gasteiger partial charge is 0.320 e. The molecule has 104 valence electrons. The SMILES string of the molecule is NC(Cc1ccccc1)C(=O)Nc1c(Cl)ncnc1Cl. The molecule has 20 heavy (non-hydrogen) atoms. The van der Waals surface area contributed by atoms with E-state index in [1.54, 1.807) is 0 Å². The van der Waals surface area contributed by atoms with Crippen molar-refractivity contribution >= 4 is 34.8 Å². The molecule has 7 heteroatoms. The van der Waals surface area contributed by atoms with Crippen molar-refractivity contribution in [3.05, 3.63) is 52.5 Å². The fourth-order valence-corrected chi connectivity index (χ4v) is 2.03. The Kier molecular flexibility index (Phi) is 4.89. The van der Waals surface area contributed by atoms with Gasteiger partial charge in [-0.3, -0.25) is 4.79 Å². The fourth-order valence-electron chi connectivity index (χ4n) is 1.62. The highest BCUT2D eigenvalue weighted by Gasteiger charge is 2.18. The van der Waals surface area contributed by atoms with Crippen LogP contribution in [0.15, 0.2) is 36.7 Å². The molecule has 1 aromatic carbocycles. The number of carbonyl (C=O) groups is 1. The van der Waals surface area contributed by atoms with Crippen molar-refractivity contribution in [2.75, 3.05) is 5.32 Å². The topological polar surface area (TPSA) is 80.9 Å². The van der Waals surface area contributed by atoms with Gasteiger partial charge in [0.1, 0.15) is 12.0 Å². The molecule has 1 atom stereocenters. The normalized spacial score (nSPS) is 11.9. The minimum atomic E-state index is -0.718. The summed E-state index contributed by atoms with van der Waals surface area (Å²) in [4.78, 5) is 19.5. The number of halogens is 2. The summed E-state index contributed by atoms with van der Waals surface area (Å²) in [7, 11) is 0. The van der Waals surface area contributed by atoms with Crippen molar-refractivity contribution in [2.45, 2.75) is 12.5 Å². The number of rotatable bonds is 4. The fraction of sp³-hybridized carbons (Fsp3) is 0.154. The zero-order chi connectivity index (χ0) is 14.5. The molecule has 0 saturated carbocycles. The van der Waals surface area contributed by atoms with Gasteiger partial charge in [-0.25, -0.2) is 9.97 Å². The zero-order valence-electron chi connectivity index (χ0n) is 10.4. The van der Waals surface area contributed by atoms with E-state index < -0.39 is 11.9 Å². The molecule has 3 N–H and O–H groups in total. The van der Waals surface area contributed by atoms with E-state index in [0.29, 0.717) is 6.42 Å². The van der Waals surface area contributed by atoms with E-state index in [4.69, 9.17) is 28.9 Å². The van der Waals surface area contributed by atoms with Crippen LogP contribution in [0.1, 0.15) is 5.56 Å². The molecule has 0 spiro atoms. The summed E-state index contributed by atoms with van der Waals surface area (Å²) in [5, 5.41) is 2.69. The third-order valence-electron chi connectivity index (χ3n) is 2.64. The first kappa shape index (κ1) is 14.7. The summed E-state index contributed by atoms with van der Waals surface area (Å²) in [6, 6.07) is 8.76. The molecular formula is C13H12Cl2N4O. The highest BCUT2D eigenvalue weighted by atomic mass is 35.5. The van der Waals surface area contributed by atoms with Gasteiger partial charge in [-0.1, -0.05) is 53.5 Å². The Bertz CT molecular complexity index is 586. The number of anilines is 1. The van der Waals surface area contributed by atoms with Crippen molar-refractivity contribution in [3.63, 3.8) is 0 Å². The van der Waals surface area contributed by atoms with E-state index in [0.717, 1.165) is 5.56 Å². The molecule has 1 aromatic heterocycles. The molecule has 0 saturated heterocycles. The number of benzene rings is 1. The van der Waals surface area contributed by atoms with Gasteiger partial charge in [0.15, 0.2) is 10.3 Å². The summed E-state index contributed by atoms with van der Waals surface area (Å²) in [6.07, 6.45) is 1.62. The Labute approximate surface area is 126 Å². The summed E-state index contributed by atoms with van der Waals surface area (Å²) >= 11 is 11.7. The van der Waals surface area contributed by atoms with Crippen LogP contribution in [-0.2, 0) is 11.2 Å². The third kappa shape index (κ3) is 3.66. The van der Waals surface area contributed by atoms with Crippen molar-refractivity contribution < 1.29 is 4.79 Å². The number of carbonyl (C=O) groups excluding carboxylic acids is 1. The third-order valence-corrected chi connectivity index (χ3v) is 3.21. The minimum Gasteiger partial charge on any atom is -0.320 e. The Balaban J connectivity index is 2.05. The van der Waals surface area contributed by atoms with Gasteiger partial charge in [0.25, 0.3) is 0 Å². The first-order chi connectivity index (χ1) is 9.58. The van der Waals surface area contributed by atoms with Crippen LogP contribution >= 0.6 is 23.2 Å². The average molecular weight is 311 g/mol. The Morgan fingerprint density at radius 3 is 2.40 bits per heavy atom. The lowest BCUT2D eigenvalue weighted by Gasteiger charge is -2.13. The molecule has 1 heterocycles. The van der Waals surface area contributed by atoms with Gasteiger partial charge in [0.05, 0.1) is 6.04 Å². The molecule has 0 aliphatic heterocycles. The van der Waals surface area contributed by atoms with Gasteiger partial charge in [-0.15, -0.1) is 0 Å². The summed E-state index contributed by atoms with van der Waals surface area (Å²) in [6.45, 7) is 0. The van der Waals surface area contributed by atoms with Gasteiger partial charge in [-0.05, 0) is 12.0 Å². The molecule has 0 aliphatic carbocycles. The predicted molar refractivity (Wildman–Crippen MR) is 78.8 cm³/mol. The standard InChI is InChI=1S/C13H12Cl2N4O/c14-11-10(12(15)18-7-17-11)19-13(20)9(16)6-8-4-2-1-3-5-8/h1-5,7,9H,6,16H2,(H,19,20). The van der Waals surface area contributed by atoms with Crippen LogP contribution in [0.5, 0.6) is 0 Å². The Hall–Kier alpha value is -1.69. The smallest absolute Gasteiger partial charge is 0.241 e. The molecule has 0 fully saturated rings. The maximum atomic E-state index is 12.0. The summed E-state index contributed by atoms with van der Waals surface area (Å²) < 4.78 is 0. The second kappa shape index (κ2) is 6.65. The molecule has 5 nitrogen and oxygen atoms in total. The number of aromatic nitrogens is 2. The average Bonchev–Trinajstić information content (AvgIpc) is 2.44. The second-order valence-corrected chi connectivity index (χ2v) is 4.83. The lowest BCUT2D eigenvalue weighted by molar-refractivity contribution is -0.117. The van der Waals surface area contributed by atoms with Crippen LogP contribution in [0.25, 0.3) is 0 Å². The van der Waals surface area contributed by atoms with Crippen LogP contribution in [0.4, 0.5) is 5.69 Å².